The van der Waals surface area contributed by atoms with Gasteiger partial charge < -0.3 is 21.5 Å². The molecule has 9 nitrogen and oxygen atoms in total. The lowest BCUT2D eigenvalue weighted by molar-refractivity contribution is -0.122. The molecule has 1 aliphatic rings. The minimum Gasteiger partial charge on any atom is -0.395 e. The molecule has 0 aliphatic carbocycles. The molecule has 1 aromatic heterocycles. The molecular weight excluding hydrogens is 394 g/mol. The summed E-state index contributed by atoms with van der Waals surface area (Å²) in [5.74, 6) is -1.67. The monoisotopic (exact) mass is 417 g/mol. The number of carbonyl (C=O) groups is 3. The highest BCUT2D eigenvalue weighted by atomic mass is 32.1. The number of ether oxygens (including phenoxy) is 1. The first-order valence-corrected chi connectivity index (χ1v) is 10.00. The van der Waals surface area contributed by atoms with Crippen LogP contribution in [0.3, 0.4) is 0 Å². The number of aromatic nitrogens is 1. The van der Waals surface area contributed by atoms with Crippen LogP contribution in [0.4, 0.5) is 11.4 Å². The summed E-state index contributed by atoms with van der Waals surface area (Å²) < 4.78 is 9.41. The quantitative estimate of drug-likeness (QED) is 0.617. The molecule has 0 saturated carbocycles. The van der Waals surface area contributed by atoms with Crippen LogP contribution in [0.5, 0.6) is 0 Å². The number of para-hydroxylation sites is 1. The first kappa shape index (κ1) is 20.7. The van der Waals surface area contributed by atoms with Crippen LogP contribution in [-0.2, 0) is 9.53 Å². The summed E-state index contributed by atoms with van der Waals surface area (Å²) in [5, 5.41) is 2.84. The van der Waals surface area contributed by atoms with Crippen LogP contribution < -0.4 is 21.7 Å². The summed E-state index contributed by atoms with van der Waals surface area (Å²) in [6.07, 6.45) is 1.85. The molecule has 2 atom stereocenters. The second-order valence-corrected chi connectivity index (χ2v) is 7.48. The summed E-state index contributed by atoms with van der Waals surface area (Å²) in [6.45, 7) is 2.70. The maximum absolute atomic E-state index is 13.3. The van der Waals surface area contributed by atoms with Gasteiger partial charge in [-0.3, -0.25) is 19.3 Å². The highest BCUT2D eigenvalue weighted by Gasteiger charge is 2.32. The molecule has 3 amide bonds. The molecule has 1 saturated heterocycles. The topological polar surface area (TPSA) is 141 Å². The predicted molar refractivity (Wildman–Crippen MR) is 110 cm³/mol. The van der Waals surface area contributed by atoms with Gasteiger partial charge in [-0.1, -0.05) is 18.2 Å². The van der Waals surface area contributed by atoms with Gasteiger partial charge in [0.15, 0.2) is 5.69 Å². The molecule has 29 heavy (non-hydrogen) atoms. The Hall–Kier alpha value is -2.98. The fourth-order valence-electron chi connectivity index (χ4n) is 3.13. The smallest absolute Gasteiger partial charge is 0.272 e. The second kappa shape index (κ2) is 9.01. The zero-order chi connectivity index (χ0) is 21.0. The molecule has 1 aliphatic heterocycles. The summed E-state index contributed by atoms with van der Waals surface area (Å²) in [6, 6.07) is 7.93. The Kier molecular flexibility index (Phi) is 6.45. The Morgan fingerprint density at radius 3 is 2.66 bits per heavy atom. The van der Waals surface area contributed by atoms with Crippen molar-refractivity contribution in [2.45, 2.75) is 31.9 Å². The zero-order valence-corrected chi connectivity index (χ0v) is 16.8. The standard InChI is InChI=1S/C19H23N5O4S/c1-11(18(26)22-10-13-8-5-9-28-13)24(12-6-3-2-4-7-12)19(27)16-14(20)15(17(21)25)23-29-16/h2-4,6-7,11,13H,5,8-10,20H2,1H3,(H2,21,25)(H,22,26)/t11-,13+/m0/s1. The highest BCUT2D eigenvalue weighted by Crippen LogP contribution is 2.27. The number of rotatable bonds is 7. The molecule has 1 aromatic carbocycles. The molecule has 0 bridgehead atoms. The number of hydrogen-bond donors (Lipinski definition) is 3. The number of amides is 3. The van der Waals surface area contributed by atoms with Gasteiger partial charge in [-0.05, 0) is 43.4 Å². The minimum atomic E-state index is -0.829. The van der Waals surface area contributed by atoms with E-state index in [0.717, 1.165) is 24.4 Å². The van der Waals surface area contributed by atoms with Gasteiger partial charge in [-0.25, -0.2) is 0 Å². The van der Waals surface area contributed by atoms with E-state index < -0.39 is 17.9 Å². The number of nitrogens with one attached hydrogen (secondary N) is 1. The third-order valence-electron chi connectivity index (χ3n) is 4.70. The number of nitrogens with two attached hydrogens (primary N) is 2. The lowest BCUT2D eigenvalue weighted by Gasteiger charge is -2.28. The van der Waals surface area contributed by atoms with E-state index in [9.17, 15) is 14.4 Å². The average molecular weight is 417 g/mol. The van der Waals surface area contributed by atoms with Crippen LogP contribution >= 0.6 is 11.5 Å². The van der Waals surface area contributed by atoms with Crippen molar-refractivity contribution >= 4 is 40.6 Å². The number of primary amides is 1. The molecule has 0 radical (unpaired) electrons. The molecule has 2 aromatic rings. The lowest BCUT2D eigenvalue weighted by Crippen LogP contribution is -2.49. The summed E-state index contributed by atoms with van der Waals surface area (Å²) in [4.78, 5) is 38.9. The van der Waals surface area contributed by atoms with Gasteiger partial charge in [0.25, 0.3) is 11.8 Å². The number of hydrogen-bond acceptors (Lipinski definition) is 7. The molecule has 1 fully saturated rings. The van der Waals surface area contributed by atoms with Crippen molar-refractivity contribution in [3.63, 3.8) is 0 Å². The van der Waals surface area contributed by atoms with E-state index in [4.69, 9.17) is 16.2 Å². The van der Waals surface area contributed by atoms with Crippen molar-refractivity contribution in [2.75, 3.05) is 23.8 Å². The Morgan fingerprint density at radius 2 is 2.07 bits per heavy atom. The fraction of sp³-hybridized carbons (Fsp3) is 0.368. The Morgan fingerprint density at radius 1 is 1.34 bits per heavy atom. The van der Waals surface area contributed by atoms with Gasteiger partial charge >= 0.3 is 0 Å². The van der Waals surface area contributed by atoms with Gasteiger partial charge in [0.05, 0.1) is 11.8 Å². The van der Waals surface area contributed by atoms with Crippen molar-refractivity contribution in [2.24, 2.45) is 5.73 Å². The average Bonchev–Trinajstić information content (AvgIpc) is 3.36. The van der Waals surface area contributed by atoms with Crippen LogP contribution in [0.2, 0.25) is 0 Å². The van der Waals surface area contributed by atoms with Crippen LogP contribution in [0.15, 0.2) is 30.3 Å². The van der Waals surface area contributed by atoms with Gasteiger partial charge in [-0.2, -0.15) is 4.37 Å². The maximum Gasteiger partial charge on any atom is 0.272 e. The first-order chi connectivity index (χ1) is 13.9. The van der Waals surface area contributed by atoms with Crippen LogP contribution in [0, 0.1) is 0 Å². The molecule has 0 spiro atoms. The Labute approximate surface area is 172 Å². The predicted octanol–water partition coefficient (Wildman–Crippen LogP) is 1.15. The number of anilines is 2. The number of benzene rings is 1. The third kappa shape index (κ3) is 4.54. The molecule has 3 rings (SSSR count). The van der Waals surface area contributed by atoms with Crippen molar-refractivity contribution < 1.29 is 19.1 Å². The van der Waals surface area contributed by atoms with E-state index >= 15 is 0 Å². The number of nitrogens with zero attached hydrogens (tertiary/aromatic N) is 2. The highest BCUT2D eigenvalue weighted by molar-refractivity contribution is 7.09. The number of carbonyl (C=O) groups excluding carboxylic acids is 3. The third-order valence-corrected chi connectivity index (χ3v) is 5.55. The summed E-state index contributed by atoms with van der Waals surface area (Å²) in [7, 11) is 0. The van der Waals surface area contributed by atoms with Gasteiger partial charge in [0.2, 0.25) is 5.91 Å². The number of nitrogen functional groups attached to an aromatic ring is 1. The van der Waals surface area contributed by atoms with Crippen LogP contribution in [0.25, 0.3) is 0 Å². The Balaban J connectivity index is 1.85. The van der Waals surface area contributed by atoms with Gasteiger partial charge in [0.1, 0.15) is 10.9 Å². The fourth-order valence-corrected chi connectivity index (χ4v) is 3.87. The minimum absolute atomic E-state index is 0.0118. The van der Waals surface area contributed by atoms with Crippen LogP contribution in [0.1, 0.15) is 39.9 Å². The van der Waals surface area contributed by atoms with Gasteiger partial charge in [0, 0.05) is 18.8 Å². The summed E-state index contributed by atoms with van der Waals surface area (Å²) >= 11 is 0.780. The molecular formula is C19H23N5O4S. The van der Waals surface area contributed by atoms with Crippen molar-refractivity contribution in [1.29, 1.82) is 0 Å². The van der Waals surface area contributed by atoms with Crippen molar-refractivity contribution in [3.8, 4) is 0 Å². The molecule has 5 N–H and O–H groups in total. The van der Waals surface area contributed by atoms with E-state index in [1.54, 1.807) is 37.3 Å². The van der Waals surface area contributed by atoms with E-state index in [2.05, 4.69) is 9.69 Å². The molecule has 2 heterocycles. The lowest BCUT2D eigenvalue weighted by atomic mass is 10.1. The largest absolute Gasteiger partial charge is 0.395 e. The normalized spacial score (nSPS) is 16.9. The van der Waals surface area contributed by atoms with Crippen LogP contribution in [-0.4, -0.2) is 47.4 Å². The van der Waals surface area contributed by atoms with Crippen molar-refractivity contribution in [3.05, 3.63) is 40.9 Å². The van der Waals surface area contributed by atoms with E-state index in [-0.39, 0.29) is 28.3 Å². The van der Waals surface area contributed by atoms with E-state index in [1.165, 1.54) is 4.90 Å². The Bertz CT molecular complexity index is 895. The summed E-state index contributed by atoms with van der Waals surface area (Å²) in [5.41, 5.74) is 11.5. The molecule has 154 valence electrons. The second-order valence-electron chi connectivity index (χ2n) is 6.71. The molecule has 0 unspecified atom stereocenters. The maximum atomic E-state index is 13.3. The first-order valence-electron chi connectivity index (χ1n) is 9.23. The van der Waals surface area contributed by atoms with E-state index in [0.29, 0.717) is 18.8 Å². The molecule has 10 heteroatoms. The van der Waals surface area contributed by atoms with E-state index in [1.807, 2.05) is 0 Å². The zero-order valence-electron chi connectivity index (χ0n) is 16.0. The van der Waals surface area contributed by atoms with Crippen molar-refractivity contribution in [1.82, 2.24) is 9.69 Å². The SMILES string of the molecule is C[C@@H](C(=O)NC[C@H]1CCCO1)N(C(=O)c1snc(C(N)=O)c1N)c1ccccc1. The van der Waals surface area contributed by atoms with Gasteiger partial charge in [-0.15, -0.1) is 0 Å².